The van der Waals surface area contributed by atoms with E-state index in [0.717, 1.165) is 32.5 Å². The van der Waals surface area contributed by atoms with E-state index in [1.165, 1.54) is 48.6 Å². The second-order valence-electron chi connectivity index (χ2n) is 14.5. The van der Waals surface area contributed by atoms with E-state index in [1.807, 2.05) is 54.6 Å². The van der Waals surface area contributed by atoms with Gasteiger partial charge in [-0.3, -0.25) is 0 Å². The third-order valence-corrected chi connectivity index (χ3v) is 13.2. The SMILES string of the molecule is Cc1cc(-c2[c-]cccc2)ncc1[Si](C)(C)C.[2H]C(C)(c1ccccc1)c1cc(-c2[c-]ccc3c2sc2cc4cc5ccccc5cc4cc23)ncc1F.[Ir]. The zero-order valence-electron chi connectivity index (χ0n) is 31.8. The van der Waals surface area contributed by atoms with Crippen molar-refractivity contribution in [2.24, 2.45) is 0 Å². The molecule has 0 aliphatic carbocycles. The van der Waals surface area contributed by atoms with Gasteiger partial charge in [-0.2, -0.15) is 11.3 Å². The van der Waals surface area contributed by atoms with Crippen LogP contribution in [0.5, 0.6) is 0 Å². The smallest absolute Gasteiger partial charge is 0.143 e. The number of aryl methyl sites for hydroxylation is 1. The molecule has 0 spiro atoms. The van der Waals surface area contributed by atoms with Gasteiger partial charge in [0.25, 0.3) is 0 Å². The Morgan fingerprint density at radius 1 is 0.704 bits per heavy atom. The van der Waals surface area contributed by atoms with Crippen LogP contribution < -0.4 is 5.19 Å². The van der Waals surface area contributed by atoms with Gasteiger partial charge in [0.15, 0.2) is 0 Å². The molecule has 54 heavy (non-hydrogen) atoms. The molecule has 0 bridgehead atoms. The molecular formula is C48H39FIrN2SSi-2. The summed E-state index contributed by atoms with van der Waals surface area (Å²) >= 11 is 1.71. The van der Waals surface area contributed by atoms with Crippen molar-refractivity contribution in [3.8, 4) is 22.5 Å². The van der Waals surface area contributed by atoms with Crippen LogP contribution in [0.4, 0.5) is 4.39 Å². The van der Waals surface area contributed by atoms with Gasteiger partial charge in [0.2, 0.25) is 0 Å². The first-order valence-electron chi connectivity index (χ1n) is 18.3. The predicted molar refractivity (Wildman–Crippen MR) is 227 cm³/mol. The molecule has 0 fully saturated rings. The van der Waals surface area contributed by atoms with Crippen molar-refractivity contribution in [2.45, 2.75) is 39.4 Å². The summed E-state index contributed by atoms with van der Waals surface area (Å²) in [5, 5.41) is 8.63. The van der Waals surface area contributed by atoms with Gasteiger partial charge in [0.1, 0.15) is 5.82 Å². The second kappa shape index (κ2) is 15.5. The molecule has 0 amide bonds. The fraction of sp³-hybridized carbons (Fsp3) is 0.125. The fourth-order valence-corrected chi connectivity index (χ4v) is 10.1. The van der Waals surface area contributed by atoms with Gasteiger partial charge in [0, 0.05) is 38.3 Å². The molecule has 269 valence electrons. The van der Waals surface area contributed by atoms with Crippen LogP contribution in [0, 0.1) is 24.9 Å². The monoisotopic (exact) mass is 916 g/mol. The number of hydrogen-bond donors (Lipinski definition) is 0. The number of hydrogen-bond acceptors (Lipinski definition) is 3. The molecule has 3 heterocycles. The maximum Gasteiger partial charge on any atom is 0.143 e. The molecule has 1 atom stereocenters. The molecule has 0 saturated heterocycles. The molecule has 9 rings (SSSR count). The number of nitrogens with zero attached hydrogens (tertiary/aromatic N) is 2. The van der Waals surface area contributed by atoms with E-state index >= 15 is 4.39 Å². The van der Waals surface area contributed by atoms with Crippen molar-refractivity contribution in [1.29, 1.82) is 0 Å². The Balaban J connectivity index is 0.000000218. The van der Waals surface area contributed by atoms with Crippen molar-refractivity contribution in [3.63, 3.8) is 0 Å². The summed E-state index contributed by atoms with van der Waals surface area (Å²) in [6.07, 6.45) is 3.29. The number of rotatable bonds is 5. The zero-order chi connectivity index (χ0) is 37.6. The zero-order valence-corrected chi connectivity index (χ0v) is 35.0. The Morgan fingerprint density at radius 3 is 2.07 bits per heavy atom. The van der Waals surface area contributed by atoms with Crippen molar-refractivity contribution in [3.05, 3.63) is 174 Å². The molecule has 1 unspecified atom stereocenters. The van der Waals surface area contributed by atoms with E-state index in [1.54, 1.807) is 24.3 Å². The van der Waals surface area contributed by atoms with Gasteiger partial charge < -0.3 is 9.97 Å². The van der Waals surface area contributed by atoms with Crippen LogP contribution in [-0.2, 0) is 20.1 Å². The van der Waals surface area contributed by atoms with Crippen molar-refractivity contribution in [1.82, 2.24) is 9.97 Å². The summed E-state index contributed by atoms with van der Waals surface area (Å²) in [5.41, 5.74) is 5.92. The largest absolute Gasteiger partial charge is 0.305 e. The molecule has 0 N–H and O–H groups in total. The second-order valence-corrected chi connectivity index (χ2v) is 20.6. The van der Waals surface area contributed by atoms with Crippen LogP contribution in [0.2, 0.25) is 19.6 Å². The first-order chi connectivity index (χ1) is 26.0. The minimum atomic E-state index is -1.27. The van der Waals surface area contributed by atoms with Crippen LogP contribution >= 0.6 is 11.3 Å². The number of aromatic nitrogens is 2. The predicted octanol–water partition coefficient (Wildman–Crippen LogP) is 12.9. The first-order valence-corrected chi connectivity index (χ1v) is 22.1. The van der Waals surface area contributed by atoms with Crippen LogP contribution in [-0.4, -0.2) is 18.0 Å². The quantitative estimate of drug-likeness (QED) is 0.0977. The summed E-state index contributed by atoms with van der Waals surface area (Å²) in [4.78, 5) is 9.03. The maximum atomic E-state index is 15.0. The summed E-state index contributed by atoms with van der Waals surface area (Å²) in [6.45, 7) is 11.0. The molecule has 0 saturated carbocycles. The molecule has 3 aromatic heterocycles. The summed E-state index contributed by atoms with van der Waals surface area (Å²) in [6, 6.07) is 49.3. The number of fused-ring (bicyclic) bond motifs is 5. The van der Waals surface area contributed by atoms with E-state index in [-0.39, 0.29) is 20.1 Å². The van der Waals surface area contributed by atoms with Gasteiger partial charge in [-0.25, -0.2) is 4.39 Å². The molecule has 2 nitrogen and oxygen atoms in total. The van der Waals surface area contributed by atoms with Crippen molar-refractivity contribution < 1.29 is 25.9 Å². The molecular weight excluding hydrogens is 876 g/mol. The van der Waals surface area contributed by atoms with Crippen LogP contribution in [0.1, 0.15) is 30.9 Å². The Kier molecular flexibility index (Phi) is 10.4. The van der Waals surface area contributed by atoms with E-state index < -0.39 is 19.8 Å². The van der Waals surface area contributed by atoms with Crippen LogP contribution in [0.15, 0.2) is 140 Å². The minimum absolute atomic E-state index is 0. The van der Waals surface area contributed by atoms with Gasteiger partial charge in [-0.05, 0) is 90.5 Å². The molecule has 6 aromatic carbocycles. The van der Waals surface area contributed by atoms with Gasteiger partial charge in [-0.15, -0.1) is 59.7 Å². The first kappa shape index (κ1) is 36.1. The van der Waals surface area contributed by atoms with E-state index in [0.29, 0.717) is 11.3 Å². The standard InChI is InChI=1S/C33H21FNS.C15H18NSi.Ir/c1-20(21-8-3-2-4-9-21)28-18-31(35-19-30(28)34)27-13-7-12-26-29-16-24-14-22-10-5-6-11-23(22)15-25(24)17-32(29)36-33(26)27;1-12-10-14(13-8-6-5-7-9-13)16-11-15(12)17(2,3)4;/h2-12,14-20H,1H3;5-8,10-11H,1-4H3;/q2*-1;/i20D;;. The molecule has 9 aromatic rings. The summed E-state index contributed by atoms with van der Waals surface area (Å²) in [7, 11) is -1.27. The van der Waals surface area contributed by atoms with Crippen LogP contribution in [0.25, 0.3) is 64.2 Å². The van der Waals surface area contributed by atoms with E-state index in [9.17, 15) is 0 Å². The number of benzene rings is 6. The van der Waals surface area contributed by atoms with Gasteiger partial charge in [-0.1, -0.05) is 104 Å². The fourth-order valence-electron chi connectivity index (χ4n) is 7.12. The van der Waals surface area contributed by atoms with E-state index in [2.05, 4.69) is 122 Å². The molecule has 0 aliphatic rings. The molecule has 6 heteroatoms. The minimum Gasteiger partial charge on any atom is -0.305 e. The van der Waals surface area contributed by atoms with E-state index in [4.69, 9.17) is 1.37 Å². The third-order valence-electron chi connectivity index (χ3n) is 9.88. The topological polar surface area (TPSA) is 25.8 Å². The summed E-state index contributed by atoms with van der Waals surface area (Å²) < 4.78 is 26.3. The molecule has 0 aliphatic heterocycles. The average Bonchev–Trinajstić information content (AvgIpc) is 3.54. The number of halogens is 1. The number of pyridine rings is 2. The average molecular weight is 916 g/mol. The van der Waals surface area contributed by atoms with Crippen molar-refractivity contribution in [2.75, 3.05) is 0 Å². The van der Waals surface area contributed by atoms with Crippen molar-refractivity contribution >= 4 is 66.3 Å². The Morgan fingerprint density at radius 2 is 1.39 bits per heavy atom. The normalized spacial score (nSPS) is 12.9. The Labute approximate surface area is 336 Å². The summed E-state index contributed by atoms with van der Waals surface area (Å²) in [5.74, 6) is -1.73. The van der Waals surface area contributed by atoms with Gasteiger partial charge >= 0.3 is 0 Å². The molecule has 1 radical (unpaired) electrons. The maximum absolute atomic E-state index is 15.0. The van der Waals surface area contributed by atoms with Crippen LogP contribution in [0.3, 0.4) is 0 Å². The Bertz CT molecular complexity index is 2820. The van der Waals surface area contributed by atoms with Gasteiger partial charge in [0.05, 0.1) is 14.3 Å². The Hall–Kier alpha value is -4.84. The number of thiophene rings is 1. The third kappa shape index (κ3) is 7.45.